The summed E-state index contributed by atoms with van der Waals surface area (Å²) in [4.78, 5) is 9.68. The Morgan fingerprint density at radius 2 is 1.76 bits per heavy atom. The second-order valence-electron chi connectivity index (χ2n) is 9.01. The van der Waals surface area contributed by atoms with Crippen LogP contribution >= 0.6 is 0 Å². The third-order valence-corrected chi connectivity index (χ3v) is 6.91. The second kappa shape index (κ2) is 9.77. The molecular weight excluding hydrogens is 422 g/mol. The van der Waals surface area contributed by atoms with Crippen molar-refractivity contribution in [3.8, 4) is 5.75 Å². The topological polar surface area (TPSA) is 59.5 Å². The Morgan fingerprint density at radius 3 is 2.47 bits per heavy atom. The molecule has 0 spiro atoms. The van der Waals surface area contributed by atoms with Crippen LogP contribution in [-0.4, -0.2) is 54.3 Å². The number of hydrogen-bond acceptors (Lipinski definition) is 5. The van der Waals surface area contributed by atoms with Crippen LogP contribution in [-0.2, 0) is 13.0 Å². The smallest absolute Gasteiger partial charge is 0.118 e. The average Bonchev–Trinajstić information content (AvgIpc) is 3.27. The quantitative estimate of drug-likeness (QED) is 0.419. The largest absolute Gasteiger partial charge is 0.497 e. The molecule has 2 aromatic carbocycles. The highest BCUT2D eigenvalue weighted by molar-refractivity contribution is 5.80. The van der Waals surface area contributed by atoms with Crippen molar-refractivity contribution in [2.24, 2.45) is 0 Å². The molecule has 0 unspecified atom stereocenters. The van der Waals surface area contributed by atoms with E-state index in [2.05, 4.69) is 70.0 Å². The first-order valence-corrected chi connectivity index (χ1v) is 12.1. The van der Waals surface area contributed by atoms with Gasteiger partial charge in [-0.25, -0.2) is 0 Å². The summed E-state index contributed by atoms with van der Waals surface area (Å²) in [6.45, 7) is 8.48. The zero-order valence-corrected chi connectivity index (χ0v) is 20.1. The molecule has 1 saturated heterocycles. The van der Waals surface area contributed by atoms with E-state index >= 15 is 0 Å². The molecule has 4 aromatic rings. The first-order valence-electron chi connectivity index (χ1n) is 12.1. The fourth-order valence-corrected chi connectivity index (χ4v) is 4.75. The van der Waals surface area contributed by atoms with Crippen molar-refractivity contribution < 1.29 is 4.74 Å². The number of nitrogen functional groups attached to an aromatic ring is 1. The van der Waals surface area contributed by atoms with E-state index in [1.54, 1.807) is 7.11 Å². The van der Waals surface area contributed by atoms with E-state index in [1.807, 2.05) is 18.3 Å². The van der Waals surface area contributed by atoms with E-state index in [0.717, 1.165) is 73.9 Å². The summed E-state index contributed by atoms with van der Waals surface area (Å²) in [6.07, 6.45) is 4.84. The molecule has 0 saturated carbocycles. The molecule has 1 aliphatic heterocycles. The fourth-order valence-electron chi connectivity index (χ4n) is 4.75. The van der Waals surface area contributed by atoms with Gasteiger partial charge in [0, 0.05) is 67.8 Å². The highest BCUT2D eigenvalue weighted by atomic mass is 16.5. The minimum absolute atomic E-state index is 0.731. The van der Waals surface area contributed by atoms with Crippen LogP contribution < -0.4 is 15.4 Å². The first kappa shape index (κ1) is 22.3. The van der Waals surface area contributed by atoms with E-state index in [4.69, 9.17) is 15.5 Å². The standard InChI is InChI=1S/C28H33N5O/c1-3-31-12-14-32(15-13-31)25-7-6-22(27(29)18-25)16-24-17-23-10-11-33(28(23)19-30-24)20-21-4-8-26(34-2)9-5-21/h4-11,17-19H,3,12-16,20,29H2,1-2H3. The highest BCUT2D eigenvalue weighted by Crippen LogP contribution is 2.26. The SMILES string of the molecule is CCN1CCN(c2ccc(Cc3cc4ccn(Cc5ccc(OC)cc5)c4cn3)c(N)c2)CC1. The summed E-state index contributed by atoms with van der Waals surface area (Å²) in [5, 5.41) is 1.20. The van der Waals surface area contributed by atoms with Crippen LogP contribution in [0.1, 0.15) is 23.7 Å². The lowest BCUT2D eigenvalue weighted by molar-refractivity contribution is 0.271. The Balaban J connectivity index is 1.28. The van der Waals surface area contributed by atoms with Crippen LogP contribution in [0.15, 0.2) is 67.0 Å². The second-order valence-corrected chi connectivity index (χ2v) is 9.01. The summed E-state index contributed by atoms with van der Waals surface area (Å²) < 4.78 is 7.49. The molecule has 6 heteroatoms. The van der Waals surface area contributed by atoms with Crippen LogP contribution in [0.3, 0.4) is 0 Å². The van der Waals surface area contributed by atoms with Crippen molar-refractivity contribution >= 4 is 22.3 Å². The van der Waals surface area contributed by atoms with Crippen molar-refractivity contribution in [3.63, 3.8) is 0 Å². The lowest BCUT2D eigenvalue weighted by Crippen LogP contribution is -2.46. The molecule has 1 aliphatic rings. The summed E-state index contributed by atoms with van der Waals surface area (Å²) in [5.41, 5.74) is 13.1. The molecule has 0 radical (unpaired) electrons. The number of piperazine rings is 1. The van der Waals surface area contributed by atoms with E-state index < -0.39 is 0 Å². The molecule has 3 heterocycles. The predicted molar refractivity (Wildman–Crippen MR) is 140 cm³/mol. The molecule has 0 amide bonds. The van der Waals surface area contributed by atoms with Gasteiger partial charge in [0.25, 0.3) is 0 Å². The number of aromatic nitrogens is 2. The van der Waals surface area contributed by atoms with Gasteiger partial charge in [0.2, 0.25) is 0 Å². The van der Waals surface area contributed by atoms with Crippen LogP contribution in [0.5, 0.6) is 5.75 Å². The Bertz CT molecular complexity index is 1260. The maximum atomic E-state index is 6.47. The van der Waals surface area contributed by atoms with Crippen molar-refractivity contribution in [1.82, 2.24) is 14.5 Å². The number of nitrogens with two attached hydrogens (primary N) is 1. The van der Waals surface area contributed by atoms with Gasteiger partial charge in [0.15, 0.2) is 0 Å². The molecule has 0 atom stereocenters. The van der Waals surface area contributed by atoms with Crippen LogP contribution in [0.25, 0.3) is 10.9 Å². The average molecular weight is 456 g/mol. The number of methoxy groups -OCH3 is 1. The summed E-state index contributed by atoms with van der Waals surface area (Å²) in [5.74, 6) is 0.874. The number of pyridine rings is 1. The summed E-state index contributed by atoms with van der Waals surface area (Å²) in [6, 6.07) is 19.0. The summed E-state index contributed by atoms with van der Waals surface area (Å²) >= 11 is 0. The van der Waals surface area contributed by atoms with Crippen molar-refractivity contribution in [1.29, 1.82) is 0 Å². The Morgan fingerprint density at radius 1 is 0.971 bits per heavy atom. The van der Waals surface area contributed by atoms with Gasteiger partial charge in [-0.2, -0.15) is 0 Å². The fraction of sp³-hybridized carbons (Fsp3) is 0.321. The molecule has 6 nitrogen and oxygen atoms in total. The van der Waals surface area contributed by atoms with Crippen LogP contribution in [0.2, 0.25) is 0 Å². The lowest BCUT2D eigenvalue weighted by atomic mass is 10.0. The Labute approximate surface area is 201 Å². The minimum atomic E-state index is 0.731. The number of likely N-dealkylation sites (N-methyl/N-ethyl adjacent to an activating group) is 1. The molecular formula is C28H33N5O. The third-order valence-electron chi connectivity index (χ3n) is 6.91. The van der Waals surface area contributed by atoms with Crippen LogP contribution in [0, 0.1) is 0 Å². The molecule has 5 rings (SSSR count). The lowest BCUT2D eigenvalue weighted by Gasteiger charge is -2.35. The van der Waals surface area contributed by atoms with Gasteiger partial charge in [0.1, 0.15) is 5.75 Å². The predicted octanol–water partition coefficient (Wildman–Crippen LogP) is 4.41. The Hall–Kier alpha value is -3.51. The van der Waals surface area contributed by atoms with Crippen molar-refractivity contribution in [3.05, 3.63) is 83.8 Å². The number of anilines is 2. The maximum Gasteiger partial charge on any atom is 0.118 e. The van der Waals surface area contributed by atoms with E-state index in [9.17, 15) is 0 Å². The van der Waals surface area contributed by atoms with E-state index in [0.29, 0.717) is 0 Å². The van der Waals surface area contributed by atoms with Crippen molar-refractivity contribution in [2.75, 3.05) is 50.5 Å². The number of fused-ring (bicyclic) bond motifs is 1. The van der Waals surface area contributed by atoms with Gasteiger partial charge < -0.3 is 24.8 Å². The number of rotatable bonds is 7. The van der Waals surface area contributed by atoms with E-state index in [-0.39, 0.29) is 0 Å². The molecule has 176 valence electrons. The molecule has 2 aromatic heterocycles. The summed E-state index contributed by atoms with van der Waals surface area (Å²) in [7, 11) is 1.69. The zero-order valence-electron chi connectivity index (χ0n) is 20.1. The number of hydrogen-bond donors (Lipinski definition) is 1. The molecule has 34 heavy (non-hydrogen) atoms. The van der Waals surface area contributed by atoms with Gasteiger partial charge in [-0.1, -0.05) is 25.1 Å². The minimum Gasteiger partial charge on any atom is -0.497 e. The van der Waals surface area contributed by atoms with Gasteiger partial charge in [0.05, 0.1) is 18.8 Å². The van der Waals surface area contributed by atoms with Crippen molar-refractivity contribution in [2.45, 2.75) is 19.9 Å². The number of nitrogens with zero attached hydrogens (tertiary/aromatic N) is 4. The molecule has 0 aliphatic carbocycles. The van der Waals surface area contributed by atoms with Gasteiger partial charge >= 0.3 is 0 Å². The monoisotopic (exact) mass is 455 g/mol. The molecule has 1 fully saturated rings. The maximum absolute atomic E-state index is 6.47. The molecule has 0 bridgehead atoms. The van der Waals surface area contributed by atoms with Gasteiger partial charge in [-0.3, -0.25) is 4.98 Å². The van der Waals surface area contributed by atoms with Gasteiger partial charge in [-0.15, -0.1) is 0 Å². The van der Waals surface area contributed by atoms with Gasteiger partial charge in [-0.05, 0) is 54.1 Å². The van der Waals surface area contributed by atoms with Crippen LogP contribution in [0.4, 0.5) is 11.4 Å². The number of benzene rings is 2. The Kier molecular flexibility index (Phi) is 6.41. The zero-order chi connectivity index (χ0) is 23.5. The molecule has 2 N–H and O–H groups in total. The number of ether oxygens (including phenoxy) is 1. The van der Waals surface area contributed by atoms with E-state index in [1.165, 1.54) is 16.6 Å². The third kappa shape index (κ3) is 4.73. The first-order chi connectivity index (χ1) is 16.6. The normalized spacial score (nSPS) is 14.6. The highest BCUT2D eigenvalue weighted by Gasteiger charge is 2.16.